The minimum atomic E-state index is -0.440. The predicted molar refractivity (Wildman–Crippen MR) is 78.3 cm³/mol. The second-order valence-corrected chi connectivity index (χ2v) is 6.75. The summed E-state index contributed by atoms with van der Waals surface area (Å²) < 4.78 is 20.4. The average Bonchev–Trinajstić information content (AvgIpc) is 2.89. The molecule has 0 amide bonds. The van der Waals surface area contributed by atoms with Crippen molar-refractivity contribution in [2.75, 3.05) is 6.61 Å². The highest BCUT2D eigenvalue weighted by Crippen LogP contribution is 2.43. The molecule has 0 aromatic heterocycles. The molecule has 1 saturated carbocycles. The number of ketones is 1. The van der Waals surface area contributed by atoms with Gasteiger partial charge < -0.3 is 4.74 Å². The van der Waals surface area contributed by atoms with Gasteiger partial charge in [0, 0.05) is 12.5 Å². The van der Waals surface area contributed by atoms with Crippen molar-refractivity contribution in [1.29, 1.82) is 0 Å². The van der Waals surface area contributed by atoms with E-state index in [1.165, 1.54) is 12.8 Å². The predicted octanol–water partition coefficient (Wildman–Crippen LogP) is 4.51. The lowest BCUT2D eigenvalue weighted by Gasteiger charge is -2.37. The van der Waals surface area contributed by atoms with Gasteiger partial charge in [-0.15, -0.1) is 0 Å². The zero-order chi connectivity index (χ0) is 14.2. The van der Waals surface area contributed by atoms with E-state index in [1.807, 2.05) is 0 Å². The van der Waals surface area contributed by atoms with Crippen molar-refractivity contribution in [1.82, 2.24) is 0 Å². The van der Waals surface area contributed by atoms with Crippen LogP contribution in [-0.2, 0) is 4.74 Å². The Hall–Kier alpha value is -0.740. The van der Waals surface area contributed by atoms with E-state index < -0.39 is 5.82 Å². The second-order valence-electron chi connectivity index (χ2n) is 5.89. The Bertz CT molecular complexity index is 523. The molecule has 1 aromatic carbocycles. The van der Waals surface area contributed by atoms with Crippen molar-refractivity contribution in [3.63, 3.8) is 0 Å². The number of rotatable bonds is 2. The molecule has 20 heavy (non-hydrogen) atoms. The maximum Gasteiger partial charge on any atom is 0.169 e. The lowest BCUT2D eigenvalue weighted by molar-refractivity contribution is -0.0866. The Morgan fingerprint density at radius 1 is 1.35 bits per heavy atom. The van der Waals surface area contributed by atoms with Crippen LogP contribution in [0.5, 0.6) is 0 Å². The van der Waals surface area contributed by atoms with Crippen LogP contribution in [0.3, 0.4) is 0 Å². The molecule has 1 unspecified atom stereocenters. The molecule has 1 saturated heterocycles. The van der Waals surface area contributed by atoms with E-state index >= 15 is 0 Å². The van der Waals surface area contributed by atoms with Crippen molar-refractivity contribution in [2.45, 2.75) is 44.1 Å². The molecule has 0 bridgehead atoms. The number of hydrogen-bond donors (Lipinski definition) is 0. The lowest BCUT2D eigenvalue weighted by Crippen LogP contribution is -2.40. The summed E-state index contributed by atoms with van der Waals surface area (Å²) in [6.07, 6.45) is 5.87. The van der Waals surface area contributed by atoms with Crippen LogP contribution >= 0.6 is 15.9 Å². The van der Waals surface area contributed by atoms with Gasteiger partial charge in [-0.2, -0.15) is 0 Å². The summed E-state index contributed by atoms with van der Waals surface area (Å²) in [7, 11) is 0. The van der Waals surface area contributed by atoms with Gasteiger partial charge >= 0.3 is 0 Å². The molecular weight excluding hydrogens is 323 g/mol. The number of carbonyl (C=O) groups excluding carboxylic acids is 1. The van der Waals surface area contributed by atoms with E-state index in [4.69, 9.17) is 4.74 Å². The van der Waals surface area contributed by atoms with Gasteiger partial charge in [-0.05, 0) is 53.7 Å². The summed E-state index contributed by atoms with van der Waals surface area (Å²) in [6, 6.07) is 4.92. The number of ether oxygens (including phenoxy) is 1. The Morgan fingerprint density at radius 2 is 2.10 bits per heavy atom. The first-order valence-corrected chi connectivity index (χ1v) is 8.03. The first-order chi connectivity index (χ1) is 9.61. The number of halogens is 2. The summed E-state index contributed by atoms with van der Waals surface area (Å²) >= 11 is 3.15. The van der Waals surface area contributed by atoms with Gasteiger partial charge in [0.05, 0.1) is 15.6 Å². The van der Waals surface area contributed by atoms with Gasteiger partial charge in [0.1, 0.15) is 5.82 Å². The molecule has 4 heteroatoms. The molecule has 1 atom stereocenters. The van der Waals surface area contributed by atoms with Crippen molar-refractivity contribution in [3.05, 3.63) is 34.1 Å². The molecule has 0 N–H and O–H groups in total. The zero-order valence-electron chi connectivity index (χ0n) is 11.3. The quantitative estimate of drug-likeness (QED) is 0.740. The lowest BCUT2D eigenvalue weighted by atomic mass is 9.80. The van der Waals surface area contributed by atoms with Crippen molar-refractivity contribution in [2.24, 2.45) is 5.92 Å². The standard InChI is InChI=1S/C16H18BrFO2/c17-13-5-3-4-12(14(13)18)15(19)11-6-9-20-16(10-11)7-1-2-8-16/h3-5,11H,1-2,6-10H2. The van der Waals surface area contributed by atoms with Crippen LogP contribution < -0.4 is 0 Å². The molecule has 2 nitrogen and oxygen atoms in total. The number of carbonyl (C=O) groups is 1. The molecular formula is C16H18BrFO2. The van der Waals surface area contributed by atoms with Crippen molar-refractivity contribution < 1.29 is 13.9 Å². The highest BCUT2D eigenvalue weighted by Gasteiger charge is 2.42. The van der Waals surface area contributed by atoms with Crippen LogP contribution in [-0.4, -0.2) is 18.0 Å². The minimum absolute atomic E-state index is 0.0709. The van der Waals surface area contributed by atoms with E-state index in [-0.39, 0.29) is 22.9 Å². The second kappa shape index (κ2) is 5.57. The molecule has 1 spiro atoms. The minimum Gasteiger partial charge on any atom is -0.375 e. The Kier molecular flexibility index (Phi) is 3.95. The summed E-state index contributed by atoms with van der Waals surface area (Å²) in [4.78, 5) is 12.6. The summed E-state index contributed by atoms with van der Waals surface area (Å²) in [5, 5.41) is 0. The average molecular weight is 341 g/mol. The largest absolute Gasteiger partial charge is 0.375 e. The molecule has 108 valence electrons. The Labute approximate surface area is 126 Å². The Balaban J connectivity index is 1.81. The topological polar surface area (TPSA) is 26.3 Å². The van der Waals surface area contributed by atoms with Crippen LogP contribution in [0, 0.1) is 11.7 Å². The van der Waals surface area contributed by atoms with Crippen molar-refractivity contribution in [3.8, 4) is 0 Å². The fourth-order valence-corrected chi connectivity index (χ4v) is 3.90. The monoisotopic (exact) mass is 340 g/mol. The summed E-state index contributed by atoms with van der Waals surface area (Å²) in [5.41, 5.74) is 0.0977. The SMILES string of the molecule is O=C(c1cccc(Br)c1F)C1CCOC2(CCCC2)C1. The molecule has 3 rings (SSSR count). The molecule has 2 aliphatic rings. The smallest absolute Gasteiger partial charge is 0.169 e. The van der Waals surface area contributed by atoms with Crippen LogP contribution in [0.15, 0.2) is 22.7 Å². The van der Waals surface area contributed by atoms with Crippen LogP contribution in [0.25, 0.3) is 0 Å². The fourth-order valence-electron chi connectivity index (χ4n) is 3.53. The maximum atomic E-state index is 14.1. The van der Waals surface area contributed by atoms with Gasteiger partial charge in [0.2, 0.25) is 0 Å². The van der Waals surface area contributed by atoms with Crippen molar-refractivity contribution >= 4 is 21.7 Å². The van der Waals surface area contributed by atoms with Crippen LogP contribution in [0.2, 0.25) is 0 Å². The van der Waals surface area contributed by atoms with Gasteiger partial charge in [-0.1, -0.05) is 18.9 Å². The maximum absolute atomic E-state index is 14.1. The molecule has 1 aliphatic carbocycles. The van der Waals surface area contributed by atoms with E-state index in [2.05, 4.69) is 15.9 Å². The van der Waals surface area contributed by atoms with E-state index in [0.29, 0.717) is 17.5 Å². The van der Waals surface area contributed by atoms with Crippen LogP contribution in [0.1, 0.15) is 48.9 Å². The summed E-state index contributed by atoms with van der Waals surface area (Å²) in [5.74, 6) is -0.617. The van der Waals surface area contributed by atoms with E-state index in [9.17, 15) is 9.18 Å². The first kappa shape index (κ1) is 14.2. The molecule has 0 radical (unpaired) electrons. The van der Waals surface area contributed by atoms with Gasteiger partial charge in [-0.25, -0.2) is 4.39 Å². The third-order valence-corrected chi connectivity index (χ3v) is 5.21. The highest BCUT2D eigenvalue weighted by molar-refractivity contribution is 9.10. The molecule has 1 heterocycles. The number of benzene rings is 1. The Morgan fingerprint density at radius 3 is 2.85 bits per heavy atom. The highest BCUT2D eigenvalue weighted by atomic mass is 79.9. The van der Waals surface area contributed by atoms with Gasteiger partial charge in [0.25, 0.3) is 0 Å². The number of hydrogen-bond acceptors (Lipinski definition) is 2. The summed E-state index contributed by atoms with van der Waals surface area (Å²) in [6.45, 7) is 0.617. The third-order valence-electron chi connectivity index (χ3n) is 4.60. The first-order valence-electron chi connectivity index (χ1n) is 7.23. The zero-order valence-corrected chi connectivity index (χ0v) is 12.9. The molecule has 1 aromatic rings. The normalized spacial score (nSPS) is 25.0. The number of Topliss-reactive ketones (excluding diaryl/α,β-unsaturated/α-hetero) is 1. The van der Waals surface area contributed by atoms with E-state index in [1.54, 1.807) is 18.2 Å². The van der Waals surface area contributed by atoms with E-state index in [0.717, 1.165) is 19.3 Å². The van der Waals surface area contributed by atoms with Gasteiger partial charge in [0.15, 0.2) is 5.78 Å². The fraction of sp³-hybridized carbons (Fsp3) is 0.562. The molecule has 2 fully saturated rings. The molecule has 1 aliphatic heterocycles. The van der Waals surface area contributed by atoms with Crippen LogP contribution in [0.4, 0.5) is 4.39 Å². The third kappa shape index (κ3) is 2.56. The van der Waals surface area contributed by atoms with Gasteiger partial charge in [-0.3, -0.25) is 4.79 Å².